The van der Waals surface area contributed by atoms with E-state index in [1.165, 1.54) is 12.1 Å². The maximum Gasteiger partial charge on any atom is 0.269 e. The molecule has 0 amide bonds. The van der Waals surface area contributed by atoms with Crippen molar-refractivity contribution in [3.8, 4) is 0 Å². The first kappa shape index (κ1) is 27.5. The minimum Gasteiger partial charge on any atom is -0.385 e. The van der Waals surface area contributed by atoms with Crippen molar-refractivity contribution in [3.63, 3.8) is 0 Å². The number of ether oxygens (including phenoxy) is 2. The highest BCUT2D eigenvalue weighted by molar-refractivity contribution is 14.0. The minimum absolute atomic E-state index is 0. The van der Waals surface area contributed by atoms with Crippen LogP contribution in [0, 0.1) is 16.0 Å². The topological polar surface area (TPSA) is 101 Å². The highest BCUT2D eigenvalue weighted by atomic mass is 127. The molecule has 1 saturated heterocycles. The highest BCUT2D eigenvalue weighted by Crippen LogP contribution is 2.12. The summed E-state index contributed by atoms with van der Waals surface area (Å²) in [5, 5.41) is 17.5. The van der Waals surface area contributed by atoms with E-state index in [1.807, 2.05) is 0 Å². The van der Waals surface area contributed by atoms with Crippen molar-refractivity contribution in [2.45, 2.75) is 32.9 Å². The third-order valence-electron chi connectivity index (χ3n) is 4.73. The normalized spacial score (nSPS) is 17.3. The van der Waals surface area contributed by atoms with E-state index in [2.05, 4.69) is 34.4 Å². The smallest absolute Gasteiger partial charge is 0.269 e. The van der Waals surface area contributed by atoms with Crippen LogP contribution in [-0.4, -0.2) is 74.9 Å². The standard InChI is InChI=1S/C21H35N5O4.HI/c1-17(2)15-25-10-12-30-20(16-25)14-24-21(22-9-4-11-29-3)23-13-18-5-7-19(8-6-18)26(27)28;/h5-8,17,20H,4,9-16H2,1-3H3,(H2,22,23,24);1H. The molecule has 1 aromatic rings. The van der Waals surface area contributed by atoms with Crippen molar-refractivity contribution in [3.05, 3.63) is 39.9 Å². The molecule has 1 atom stereocenters. The number of nitro groups is 1. The maximum atomic E-state index is 10.8. The molecule has 31 heavy (non-hydrogen) atoms. The first-order chi connectivity index (χ1) is 14.5. The summed E-state index contributed by atoms with van der Waals surface area (Å²) in [6.45, 7) is 10.7. The van der Waals surface area contributed by atoms with Gasteiger partial charge in [0.1, 0.15) is 0 Å². The Morgan fingerprint density at radius 3 is 2.74 bits per heavy atom. The Morgan fingerprint density at radius 2 is 2.10 bits per heavy atom. The maximum absolute atomic E-state index is 10.8. The summed E-state index contributed by atoms with van der Waals surface area (Å²) in [5.41, 5.74) is 0.995. The molecule has 0 saturated carbocycles. The third kappa shape index (κ3) is 11.1. The predicted octanol–water partition coefficient (Wildman–Crippen LogP) is 2.64. The Labute approximate surface area is 202 Å². The second-order valence-corrected chi connectivity index (χ2v) is 7.89. The van der Waals surface area contributed by atoms with Gasteiger partial charge in [-0.2, -0.15) is 0 Å². The number of guanidine groups is 1. The van der Waals surface area contributed by atoms with E-state index < -0.39 is 4.92 Å². The van der Waals surface area contributed by atoms with Crippen molar-refractivity contribution in [2.75, 3.05) is 53.0 Å². The van der Waals surface area contributed by atoms with Gasteiger partial charge in [-0.15, -0.1) is 24.0 Å². The molecular weight excluding hydrogens is 513 g/mol. The number of nitrogens with zero attached hydrogens (tertiary/aromatic N) is 3. The van der Waals surface area contributed by atoms with Gasteiger partial charge in [0, 0.05) is 58.6 Å². The summed E-state index contributed by atoms with van der Waals surface area (Å²) in [6.07, 6.45) is 0.986. The van der Waals surface area contributed by atoms with E-state index >= 15 is 0 Å². The Kier molecular flexibility index (Phi) is 13.6. The van der Waals surface area contributed by atoms with Gasteiger partial charge in [-0.1, -0.05) is 26.0 Å². The minimum atomic E-state index is -0.399. The fourth-order valence-electron chi connectivity index (χ4n) is 3.29. The number of halogens is 1. The molecule has 176 valence electrons. The number of rotatable bonds is 11. The lowest BCUT2D eigenvalue weighted by molar-refractivity contribution is -0.384. The van der Waals surface area contributed by atoms with Gasteiger partial charge in [-0.25, -0.2) is 4.99 Å². The predicted molar refractivity (Wildman–Crippen MR) is 133 cm³/mol. The highest BCUT2D eigenvalue weighted by Gasteiger charge is 2.21. The van der Waals surface area contributed by atoms with Gasteiger partial charge in [-0.3, -0.25) is 15.0 Å². The second kappa shape index (κ2) is 15.3. The van der Waals surface area contributed by atoms with Crippen LogP contribution in [0.3, 0.4) is 0 Å². The Hall–Kier alpha value is -1.50. The molecule has 1 unspecified atom stereocenters. The van der Waals surface area contributed by atoms with Crippen molar-refractivity contribution >= 4 is 35.6 Å². The molecule has 1 heterocycles. The molecule has 0 aromatic heterocycles. The molecule has 0 radical (unpaired) electrons. The van der Waals surface area contributed by atoms with Gasteiger partial charge in [-0.05, 0) is 17.9 Å². The van der Waals surface area contributed by atoms with Crippen molar-refractivity contribution in [1.82, 2.24) is 15.5 Å². The number of benzene rings is 1. The molecule has 1 fully saturated rings. The molecule has 10 heteroatoms. The van der Waals surface area contributed by atoms with Crippen LogP contribution in [0.4, 0.5) is 5.69 Å². The number of non-ortho nitro benzene ring substituents is 1. The SMILES string of the molecule is COCCCNC(=NCc1ccc([N+](=O)[O-])cc1)NCC1CN(CC(C)C)CCO1.I. The van der Waals surface area contributed by atoms with Crippen LogP contribution in [0.15, 0.2) is 29.3 Å². The van der Waals surface area contributed by atoms with Crippen molar-refractivity contribution < 1.29 is 14.4 Å². The van der Waals surface area contributed by atoms with Crippen LogP contribution >= 0.6 is 24.0 Å². The molecular formula is C21H36IN5O4. The quantitative estimate of drug-likeness (QED) is 0.109. The summed E-state index contributed by atoms with van der Waals surface area (Å²) in [5.74, 6) is 1.34. The summed E-state index contributed by atoms with van der Waals surface area (Å²) in [6, 6.07) is 6.47. The van der Waals surface area contributed by atoms with E-state index in [-0.39, 0.29) is 35.8 Å². The van der Waals surface area contributed by atoms with Crippen molar-refractivity contribution in [1.29, 1.82) is 0 Å². The number of morpholine rings is 1. The zero-order valence-electron chi connectivity index (χ0n) is 18.7. The lowest BCUT2D eigenvalue weighted by Gasteiger charge is -2.34. The largest absolute Gasteiger partial charge is 0.385 e. The summed E-state index contributed by atoms with van der Waals surface area (Å²) < 4.78 is 11.0. The molecule has 2 rings (SSSR count). The Morgan fingerprint density at radius 1 is 1.35 bits per heavy atom. The molecule has 0 bridgehead atoms. The third-order valence-corrected chi connectivity index (χ3v) is 4.73. The fourth-order valence-corrected chi connectivity index (χ4v) is 3.29. The van der Waals surface area contributed by atoms with E-state index in [1.54, 1.807) is 19.2 Å². The molecule has 1 aliphatic heterocycles. The van der Waals surface area contributed by atoms with Gasteiger partial charge in [0.25, 0.3) is 5.69 Å². The van der Waals surface area contributed by atoms with Gasteiger partial charge >= 0.3 is 0 Å². The summed E-state index contributed by atoms with van der Waals surface area (Å²) >= 11 is 0. The van der Waals surface area contributed by atoms with Crippen LogP contribution in [0.2, 0.25) is 0 Å². The van der Waals surface area contributed by atoms with Gasteiger partial charge < -0.3 is 20.1 Å². The monoisotopic (exact) mass is 549 g/mol. The zero-order valence-corrected chi connectivity index (χ0v) is 21.0. The van der Waals surface area contributed by atoms with Gasteiger partial charge in [0.05, 0.1) is 24.2 Å². The molecule has 2 N–H and O–H groups in total. The molecule has 1 aliphatic rings. The van der Waals surface area contributed by atoms with E-state index in [9.17, 15) is 10.1 Å². The van der Waals surface area contributed by atoms with Gasteiger partial charge in [0.15, 0.2) is 5.96 Å². The summed E-state index contributed by atoms with van der Waals surface area (Å²) in [4.78, 5) is 17.5. The Balaban J connectivity index is 0.00000480. The first-order valence-corrected chi connectivity index (χ1v) is 10.6. The number of nitrogens with one attached hydrogen (secondary N) is 2. The Bertz CT molecular complexity index is 672. The average Bonchev–Trinajstić information content (AvgIpc) is 2.72. The van der Waals surface area contributed by atoms with Crippen molar-refractivity contribution in [2.24, 2.45) is 10.9 Å². The van der Waals surface area contributed by atoms with Crippen LogP contribution in [0.1, 0.15) is 25.8 Å². The van der Waals surface area contributed by atoms with Crippen LogP contribution in [0.5, 0.6) is 0 Å². The molecule has 1 aromatic carbocycles. The van der Waals surface area contributed by atoms with E-state index in [0.717, 1.165) is 44.8 Å². The number of nitro benzene ring substituents is 1. The van der Waals surface area contributed by atoms with Crippen LogP contribution in [0.25, 0.3) is 0 Å². The molecule has 0 aliphatic carbocycles. The zero-order chi connectivity index (χ0) is 21.8. The molecule has 0 spiro atoms. The van der Waals surface area contributed by atoms with E-state index in [4.69, 9.17) is 9.47 Å². The first-order valence-electron chi connectivity index (χ1n) is 10.6. The number of hydrogen-bond acceptors (Lipinski definition) is 6. The average molecular weight is 549 g/mol. The lowest BCUT2D eigenvalue weighted by atomic mass is 10.2. The van der Waals surface area contributed by atoms with Crippen LogP contribution < -0.4 is 10.6 Å². The number of hydrogen-bond donors (Lipinski definition) is 2. The van der Waals surface area contributed by atoms with E-state index in [0.29, 0.717) is 31.6 Å². The number of aliphatic imine (C=N–C) groups is 1. The molecule has 9 nitrogen and oxygen atoms in total. The number of methoxy groups -OCH3 is 1. The van der Waals surface area contributed by atoms with Gasteiger partial charge in [0.2, 0.25) is 0 Å². The lowest BCUT2D eigenvalue weighted by Crippen LogP contribution is -2.50. The van der Waals surface area contributed by atoms with Crippen LogP contribution in [-0.2, 0) is 16.0 Å². The summed E-state index contributed by atoms with van der Waals surface area (Å²) in [7, 11) is 1.69. The second-order valence-electron chi connectivity index (χ2n) is 7.89. The fraction of sp³-hybridized carbons (Fsp3) is 0.667.